The molecule has 1 saturated carbocycles. The molecule has 0 N–H and O–H groups in total. The zero-order valence-corrected chi connectivity index (χ0v) is 17.6. The summed E-state index contributed by atoms with van der Waals surface area (Å²) in [5, 5.41) is 0. The van der Waals surface area contributed by atoms with Crippen LogP contribution in [-0.2, 0) is 24.3 Å². The second-order valence-corrected chi connectivity index (χ2v) is 9.47. The van der Waals surface area contributed by atoms with Gasteiger partial charge in [0.05, 0.1) is 24.7 Å². The van der Waals surface area contributed by atoms with Gasteiger partial charge in [-0.3, -0.25) is 19.7 Å². The van der Waals surface area contributed by atoms with Crippen molar-refractivity contribution in [2.24, 2.45) is 10.9 Å². The highest BCUT2D eigenvalue weighted by Crippen LogP contribution is 2.34. The summed E-state index contributed by atoms with van der Waals surface area (Å²) in [5.41, 5.74) is 8.18. The molecular weight excluding hydrogens is 372 g/mol. The minimum Gasteiger partial charge on any atom is -0.333 e. The summed E-state index contributed by atoms with van der Waals surface area (Å²) >= 11 is 0. The number of aryl methyl sites for hydroxylation is 1. The van der Waals surface area contributed by atoms with E-state index >= 15 is 0 Å². The van der Waals surface area contributed by atoms with E-state index in [0.29, 0.717) is 19.0 Å². The Kier molecular flexibility index (Phi) is 4.27. The minimum absolute atomic E-state index is 0.290. The molecule has 4 aliphatic rings. The standard InChI is InChI=1S/C25H28N4O/c1-16-8-18(4-6-26-16)25-23-10-21-13-29(22-14-28(15-22)7-5-17-2-3-17)24(30)11-19(21)9-20(23)12-27-25/h4,6,8-10,17,22H,2-3,5,7,11-15H2,1H3. The Morgan fingerprint density at radius 1 is 1.10 bits per heavy atom. The Bertz CT molecular complexity index is 1050. The highest BCUT2D eigenvalue weighted by Gasteiger charge is 2.37. The monoisotopic (exact) mass is 400 g/mol. The topological polar surface area (TPSA) is 48.8 Å². The number of amides is 1. The molecule has 0 radical (unpaired) electrons. The zero-order valence-electron chi connectivity index (χ0n) is 17.6. The molecule has 3 aliphatic heterocycles. The molecule has 5 heteroatoms. The quantitative estimate of drug-likeness (QED) is 0.775. The predicted molar refractivity (Wildman–Crippen MR) is 117 cm³/mol. The molecule has 1 aromatic heterocycles. The van der Waals surface area contributed by atoms with Gasteiger partial charge < -0.3 is 4.90 Å². The van der Waals surface area contributed by atoms with Gasteiger partial charge in [-0.05, 0) is 60.7 Å². The lowest BCUT2D eigenvalue weighted by Crippen LogP contribution is -2.61. The Hall–Kier alpha value is -2.53. The first kappa shape index (κ1) is 18.3. The first-order chi connectivity index (χ1) is 14.6. The van der Waals surface area contributed by atoms with Crippen LogP contribution >= 0.6 is 0 Å². The average Bonchev–Trinajstić information content (AvgIpc) is 3.43. The van der Waals surface area contributed by atoms with E-state index in [2.05, 4.69) is 33.0 Å². The van der Waals surface area contributed by atoms with Gasteiger partial charge in [-0.15, -0.1) is 0 Å². The summed E-state index contributed by atoms with van der Waals surface area (Å²) in [5.74, 6) is 1.27. The molecule has 0 unspecified atom stereocenters. The van der Waals surface area contributed by atoms with Crippen molar-refractivity contribution >= 4 is 11.6 Å². The number of hydrogen-bond acceptors (Lipinski definition) is 4. The summed E-state index contributed by atoms with van der Waals surface area (Å²) in [6.45, 7) is 6.76. The summed E-state index contributed by atoms with van der Waals surface area (Å²) in [7, 11) is 0. The van der Waals surface area contributed by atoms with Gasteiger partial charge in [0.1, 0.15) is 0 Å². The van der Waals surface area contributed by atoms with Crippen molar-refractivity contribution < 1.29 is 4.79 Å². The van der Waals surface area contributed by atoms with Gasteiger partial charge >= 0.3 is 0 Å². The number of pyridine rings is 1. The molecule has 30 heavy (non-hydrogen) atoms. The number of fused-ring (bicyclic) bond motifs is 2. The van der Waals surface area contributed by atoms with Crippen molar-refractivity contribution in [3.05, 3.63) is 64.0 Å². The fourth-order valence-corrected chi connectivity index (χ4v) is 5.16. The highest BCUT2D eigenvalue weighted by molar-refractivity contribution is 6.15. The van der Waals surface area contributed by atoms with Crippen LogP contribution in [0.15, 0.2) is 35.5 Å². The number of aromatic nitrogens is 1. The number of likely N-dealkylation sites (tertiary alicyclic amines) is 1. The maximum atomic E-state index is 12.9. The average molecular weight is 401 g/mol. The third-order valence-electron chi connectivity index (χ3n) is 7.19. The van der Waals surface area contributed by atoms with Crippen LogP contribution in [0.4, 0.5) is 0 Å². The van der Waals surface area contributed by atoms with Crippen molar-refractivity contribution in [3.8, 4) is 0 Å². The van der Waals surface area contributed by atoms with Crippen molar-refractivity contribution in [3.63, 3.8) is 0 Å². The summed E-state index contributed by atoms with van der Waals surface area (Å²) in [6.07, 6.45) is 6.58. The predicted octanol–water partition coefficient (Wildman–Crippen LogP) is 3.11. The zero-order chi connectivity index (χ0) is 20.2. The minimum atomic E-state index is 0.290. The van der Waals surface area contributed by atoms with Crippen molar-refractivity contribution in [1.82, 2.24) is 14.8 Å². The van der Waals surface area contributed by atoms with Crippen LogP contribution in [0, 0.1) is 12.8 Å². The molecule has 154 valence electrons. The lowest BCUT2D eigenvalue weighted by Gasteiger charge is -2.47. The molecule has 2 aromatic rings. The van der Waals surface area contributed by atoms with E-state index in [1.807, 2.05) is 19.2 Å². The molecule has 0 atom stereocenters. The molecule has 1 saturated heterocycles. The third kappa shape index (κ3) is 3.25. The van der Waals surface area contributed by atoms with E-state index in [1.165, 1.54) is 48.1 Å². The van der Waals surface area contributed by atoms with Crippen LogP contribution in [0.5, 0.6) is 0 Å². The Morgan fingerprint density at radius 2 is 1.97 bits per heavy atom. The van der Waals surface area contributed by atoms with Gasteiger partial charge in [-0.2, -0.15) is 0 Å². The molecule has 6 rings (SSSR count). The first-order valence-electron chi connectivity index (χ1n) is 11.3. The molecule has 1 aliphatic carbocycles. The van der Waals surface area contributed by atoms with Crippen LogP contribution in [0.2, 0.25) is 0 Å². The number of carbonyl (C=O) groups excluding carboxylic acids is 1. The van der Waals surface area contributed by atoms with Crippen LogP contribution in [-0.4, -0.2) is 52.1 Å². The van der Waals surface area contributed by atoms with E-state index in [1.54, 1.807) is 0 Å². The fourth-order valence-electron chi connectivity index (χ4n) is 5.16. The maximum Gasteiger partial charge on any atom is 0.227 e. The van der Waals surface area contributed by atoms with E-state index in [9.17, 15) is 4.79 Å². The fraction of sp³-hybridized carbons (Fsp3) is 0.480. The van der Waals surface area contributed by atoms with Gasteiger partial charge in [0.25, 0.3) is 0 Å². The molecule has 0 spiro atoms. The number of carbonyl (C=O) groups is 1. The van der Waals surface area contributed by atoms with Crippen molar-refractivity contribution in [2.75, 3.05) is 19.6 Å². The van der Waals surface area contributed by atoms with E-state index < -0.39 is 0 Å². The van der Waals surface area contributed by atoms with Gasteiger partial charge in [-0.25, -0.2) is 0 Å². The normalized spacial score (nSPS) is 21.3. The van der Waals surface area contributed by atoms with Crippen LogP contribution in [0.25, 0.3) is 0 Å². The molecule has 1 amide bonds. The highest BCUT2D eigenvalue weighted by atomic mass is 16.2. The number of nitrogens with zero attached hydrogens (tertiary/aromatic N) is 4. The molecular formula is C25H28N4O. The first-order valence-corrected chi connectivity index (χ1v) is 11.3. The Labute approximate surface area is 177 Å². The van der Waals surface area contributed by atoms with Gasteiger partial charge in [0, 0.05) is 42.7 Å². The van der Waals surface area contributed by atoms with Crippen LogP contribution in [0.1, 0.15) is 52.8 Å². The van der Waals surface area contributed by atoms with E-state index in [-0.39, 0.29) is 5.91 Å². The lowest BCUT2D eigenvalue weighted by molar-refractivity contribution is -0.138. The molecule has 1 aromatic carbocycles. The number of aliphatic imine (C=N–C) groups is 1. The lowest BCUT2D eigenvalue weighted by atomic mass is 9.90. The molecule has 0 bridgehead atoms. The smallest absolute Gasteiger partial charge is 0.227 e. The largest absolute Gasteiger partial charge is 0.333 e. The summed E-state index contributed by atoms with van der Waals surface area (Å²) in [4.78, 5) is 26.7. The Morgan fingerprint density at radius 3 is 2.77 bits per heavy atom. The van der Waals surface area contributed by atoms with E-state index in [0.717, 1.165) is 42.5 Å². The maximum absolute atomic E-state index is 12.9. The van der Waals surface area contributed by atoms with Crippen LogP contribution < -0.4 is 0 Å². The molecule has 2 fully saturated rings. The van der Waals surface area contributed by atoms with Crippen molar-refractivity contribution in [1.29, 1.82) is 0 Å². The Balaban J connectivity index is 1.20. The van der Waals surface area contributed by atoms with Gasteiger partial charge in [-0.1, -0.05) is 18.9 Å². The number of rotatable bonds is 5. The van der Waals surface area contributed by atoms with Crippen molar-refractivity contribution in [2.45, 2.75) is 51.7 Å². The second-order valence-electron chi connectivity index (χ2n) is 9.47. The summed E-state index contributed by atoms with van der Waals surface area (Å²) in [6, 6.07) is 9.06. The van der Waals surface area contributed by atoms with Crippen LogP contribution in [0.3, 0.4) is 0 Å². The molecule has 4 heterocycles. The summed E-state index contributed by atoms with van der Waals surface area (Å²) < 4.78 is 0. The number of hydrogen-bond donors (Lipinski definition) is 0. The number of benzene rings is 1. The SMILES string of the molecule is Cc1cc(C2=NCc3cc4c(cc32)CN(C2CN(CCC3CC3)C2)C(=O)C4)ccn1. The van der Waals surface area contributed by atoms with Gasteiger partial charge in [0.2, 0.25) is 5.91 Å². The second kappa shape index (κ2) is 7.02. The van der Waals surface area contributed by atoms with Gasteiger partial charge in [0.15, 0.2) is 0 Å². The third-order valence-corrected chi connectivity index (χ3v) is 7.19. The van der Waals surface area contributed by atoms with E-state index in [4.69, 9.17) is 4.99 Å². The molecule has 5 nitrogen and oxygen atoms in total.